The molecular weight excluding hydrogens is 344 g/mol. The van der Waals surface area contributed by atoms with Crippen molar-refractivity contribution in [2.24, 2.45) is 0 Å². The average molecular weight is 366 g/mol. The molecule has 7 heteroatoms. The minimum atomic E-state index is 0.178. The Bertz CT molecular complexity index is 900. The van der Waals surface area contributed by atoms with E-state index in [2.05, 4.69) is 15.2 Å². The summed E-state index contributed by atoms with van der Waals surface area (Å²) in [4.78, 5) is 2.46. The van der Waals surface area contributed by atoms with Crippen LogP contribution in [0.2, 0.25) is 0 Å². The van der Waals surface area contributed by atoms with Crippen LogP contribution in [0.3, 0.4) is 0 Å². The number of nitrogens with zero attached hydrogens (tertiary/aromatic N) is 4. The number of furan rings is 1. The lowest BCUT2D eigenvalue weighted by atomic mass is 10.1. The molecule has 0 aliphatic carbocycles. The molecule has 1 fully saturated rings. The van der Waals surface area contributed by atoms with Gasteiger partial charge in [0.25, 0.3) is 0 Å². The van der Waals surface area contributed by atoms with Gasteiger partial charge in [0.05, 0.1) is 25.0 Å². The lowest BCUT2D eigenvalue weighted by molar-refractivity contribution is 0.171. The highest BCUT2D eigenvalue weighted by molar-refractivity contribution is 5.63. The zero-order valence-electron chi connectivity index (χ0n) is 15.1. The number of fused-ring (bicyclic) bond motifs is 1. The van der Waals surface area contributed by atoms with Crippen LogP contribution in [0.4, 0.5) is 0 Å². The van der Waals surface area contributed by atoms with Gasteiger partial charge in [-0.3, -0.25) is 4.90 Å². The van der Waals surface area contributed by atoms with Crippen molar-refractivity contribution in [1.29, 1.82) is 0 Å². The quantitative estimate of drug-likeness (QED) is 0.691. The summed E-state index contributed by atoms with van der Waals surface area (Å²) < 4.78 is 18.9. The summed E-state index contributed by atoms with van der Waals surface area (Å²) in [5, 5.41) is 8.72. The number of aromatic nitrogens is 3. The third-order valence-electron chi connectivity index (χ3n) is 5.19. The summed E-state index contributed by atoms with van der Waals surface area (Å²) in [6.07, 6.45) is 6.19. The molecule has 140 valence electrons. The zero-order chi connectivity index (χ0) is 18.1. The Balaban J connectivity index is 1.38. The van der Waals surface area contributed by atoms with Gasteiger partial charge in [-0.25, -0.2) is 4.68 Å². The highest BCUT2D eigenvalue weighted by Crippen LogP contribution is 2.34. The van der Waals surface area contributed by atoms with E-state index in [0.717, 1.165) is 41.6 Å². The fraction of sp³-hybridized carbons (Fsp3) is 0.400. The minimum absolute atomic E-state index is 0.178. The SMILES string of the molecule is c1coc([C@H](Cn2cc(-c3ccc4c(c3)OCCO4)nn2)N2CCCC2)c1. The van der Waals surface area contributed by atoms with Crippen LogP contribution in [0.15, 0.2) is 47.2 Å². The van der Waals surface area contributed by atoms with Crippen molar-refractivity contribution in [2.75, 3.05) is 26.3 Å². The molecule has 0 bridgehead atoms. The number of rotatable bonds is 5. The third kappa shape index (κ3) is 3.30. The van der Waals surface area contributed by atoms with E-state index in [1.54, 1.807) is 6.26 Å². The van der Waals surface area contributed by atoms with Crippen LogP contribution >= 0.6 is 0 Å². The Morgan fingerprint density at radius 1 is 1.04 bits per heavy atom. The molecule has 0 N–H and O–H groups in total. The van der Waals surface area contributed by atoms with Crippen LogP contribution in [0, 0.1) is 0 Å². The Kier molecular flexibility index (Phi) is 4.29. The van der Waals surface area contributed by atoms with Gasteiger partial charge in [0.15, 0.2) is 11.5 Å². The Morgan fingerprint density at radius 2 is 1.89 bits per heavy atom. The molecule has 1 aromatic carbocycles. The fourth-order valence-corrected chi connectivity index (χ4v) is 3.82. The molecule has 0 spiro atoms. The molecule has 1 atom stereocenters. The van der Waals surface area contributed by atoms with Crippen LogP contribution in [-0.2, 0) is 6.54 Å². The predicted molar refractivity (Wildman–Crippen MR) is 98.7 cm³/mol. The van der Waals surface area contributed by atoms with Gasteiger partial charge in [-0.05, 0) is 56.3 Å². The molecular formula is C20H22N4O3. The molecule has 0 radical (unpaired) electrons. The standard InChI is InChI=1S/C20H22N4O3/c1-2-8-23(7-1)17(18-4-3-9-25-18)14-24-13-16(21-22-24)15-5-6-19-20(12-15)27-11-10-26-19/h3-6,9,12-13,17H,1-2,7-8,10-11,14H2/t17-/m0/s1. The van der Waals surface area contributed by atoms with Crippen LogP contribution in [0.1, 0.15) is 24.6 Å². The summed E-state index contributed by atoms with van der Waals surface area (Å²) >= 11 is 0. The van der Waals surface area contributed by atoms with Gasteiger partial charge in [-0.1, -0.05) is 5.21 Å². The lowest BCUT2D eigenvalue weighted by Gasteiger charge is -2.25. The number of likely N-dealkylation sites (tertiary alicyclic amines) is 1. The molecule has 27 heavy (non-hydrogen) atoms. The molecule has 0 saturated carbocycles. The first-order chi connectivity index (χ1) is 13.4. The van der Waals surface area contributed by atoms with Crippen LogP contribution in [0.5, 0.6) is 11.5 Å². The van der Waals surface area contributed by atoms with Crippen molar-refractivity contribution in [3.05, 3.63) is 48.6 Å². The number of hydrogen-bond donors (Lipinski definition) is 0. The molecule has 2 aromatic heterocycles. The van der Waals surface area contributed by atoms with Gasteiger partial charge in [-0.15, -0.1) is 5.10 Å². The van der Waals surface area contributed by atoms with Crippen molar-refractivity contribution in [1.82, 2.24) is 19.9 Å². The zero-order valence-corrected chi connectivity index (χ0v) is 15.1. The van der Waals surface area contributed by atoms with E-state index in [4.69, 9.17) is 13.9 Å². The monoisotopic (exact) mass is 366 g/mol. The van der Waals surface area contributed by atoms with E-state index in [1.165, 1.54) is 12.8 Å². The van der Waals surface area contributed by atoms with Crippen molar-refractivity contribution in [2.45, 2.75) is 25.4 Å². The van der Waals surface area contributed by atoms with E-state index in [1.807, 2.05) is 41.2 Å². The van der Waals surface area contributed by atoms with E-state index >= 15 is 0 Å². The second kappa shape index (κ2) is 7.08. The lowest BCUT2D eigenvalue weighted by Crippen LogP contribution is -2.29. The second-order valence-corrected chi connectivity index (χ2v) is 6.96. The molecule has 0 unspecified atom stereocenters. The van der Waals surface area contributed by atoms with Crippen molar-refractivity contribution in [3.63, 3.8) is 0 Å². The van der Waals surface area contributed by atoms with E-state index in [0.29, 0.717) is 19.8 Å². The maximum atomic E-state index is 5.70. The van der Waals surface area contributed by atoms with E-state index in [-0.39, 0.29) is 6.04 Å². The minimum Gasteiger partial charge on any atom is -0.486 e. The first kappa shape index (κ1) is 16.4. The summed E-state index contributed by atoms with van der Waals surface area (Å²) in [6.45, 7) is 4.06. The molecule has 2 aliphatic heterocycles. The average Bonchev–Trinajstić information content (AvgIpc) is 3.48. The highest BCUT2D eigenvalue weighted by atomic mass is 16.6. The van der Waals surface area contributed by atoms with Crippen LogP contribution < -0.4 is 9.47 Å². The van der Waals surface area contributed by atoms with E-state index in [9.17, 15) is 0 Å². The van der Waals surface area contributed by atoms with Gasteiger partial charge in [0, 0.05) is 5.56 Å². The molecule has 3 aromatic rings. The highest BCUT2D eigenvalue weighted by Gasteiger charge is 2.26. The summed E-state index contributed by atoms with van der Waals surface area (Å²) in [6, 6.07) is 10.1. The molecule has 5 rings (SSSR count). The van der Waals surface area contributed by atoms with E-state index < -0.39 is 0 Å². The topological polar surface area (TPSA) is 65.5 Å². The van der Waals surface area contributed by atoms with Gasteiger partial charge in [0.2, 0.25) is 0 Å². The Morgan fingerprint density at radius 3 is 2.70 bits per heavy atom. The van der Waals surface area contributed by atoms with Crippen LogP contribution in [-0.4, -0.2) is 46.2 Å². The summed E-state index contributed by atoms with van der Waals surface area (Å²) in [5.74, 6) is 2.52. The fourth-order valence-electron chi connectivity index (χ4n) is 3.82. The molecule has 7 nitrogen and oxygen atoms in total. The van der Waals surface area contributed by atoms with Crippen LogP contribution in [0.25, 0.3) is 11.3 Å². The molecule has 4 heterocycles. The van der Waals surface area contributed by atoms with Gasteiger partial charge < -0.3 is 13.9 Å². The largest absolute Gasteiger partial charge is 0.486 e. The molecule has 1 saturated heterocycles. The first-order valence-corrected chi connectivity index (χ1v) is 9.44. The van der Waals surface area contributed by atoms with Crippen molar-refractivity contribution < 1.29 is 13.9 Å². The second-order valence-electron chi connectivity index (χ2n) is 6.96. The van der Waals surface area contributed by atoms with Gasteiger partial charge in [-0.2, -0.15) is 0 Å². The van der Waals surface area contributed by atoms with Crippen molar-refractivity contribution in [3.8, 4) is 22.8 Å². The molecule has 0 amide bonds. The molecule has 2 aliphatic rings. The first-order valence-electron chi connectivity index (χ1n) is 9.44. The number of benzene rings is 1. The number of ether oxygens (including phenoxy) is 2. The maximum Gasteiger partial charge on any atom is 0.162 e. The van der Waals surface area contributed by atoms with Gasteiger partial charge >= 0.3 is 0 Å². The van der Waals surface area contributed by atoms with Crippen molar-refractivity contribution >= 4 is 0 Å². The third-order valence-corrected chi connectivity index (χ3v) is 5.19. The smallest absolute Gasteiger partial charge is 0.162 e. The Labute approximate surface area is 157 Å². The summed E-state index contributed by atoms with van der Waals surface area (Å²) in [5.41, 5.74) is 1.80. The maximum absolute atomic E-state index is 5.70. The predicted octanol–water partition coefficient (Wildman–Crippen LogP) is 3.15. The Hall–Kier alpha value is -2.80. The summed E-state index contributed by atoms with van der Waals surface area (Å²) in [7, 11) is 0. The normalized spacial score (nSPS) is 17.9. The van der Waals surface area contributed by atoms with Gasteiger partial charge in [0.1, 0.15) is 24.7 Å². The number of hydrogen-bond acceptors (Lipinski definition) is 6.